The average molecular weight is 373 g/mol. The summed E-state index contributed by atoms with van der Waals surface area (Å²) in [6.45, 7) is 6.02. The second-order valence-corrected chi connectivity index (χ2v) is 6.67. The van der Waals surface area contributed by atoms with Gasteiger partial charge >= 0.3 is 6.18 Å². The molecule has 1 aromatic rings. The van der Waals surface area contributed by atoms with E-state index in [4.69, 9.17) is 4.74 Å². The zero-order valence-electron chi connectivity index (χ0n) is 15.2. The van der Waals surface area contributed by atoms with Gasteiger partial charge < -0.3 is 10.1 Å². The van der Waals surface area contributed by atoms with Gasteiger partial charge in [-0.3, -0.25) is 14.6 Å². The number of piperazine rings is 1. The SMILES string of the molecule is COCC(C)NC(=O)CN1CCN(Cc2cccc(C(F)(F)F)c2)CC1. The lowest BCUT2D eigenvalue weighted by Gasteiger charge is -2.34. The van der Waals surface area contributed by atoms with Crippen molar-refractivity contribution in [3.63, 3.8) is 0 Å². The lowest BCUT2D eigenvalue weighted by atomic mass is 10.1. The molecule has 1 unspecified atom stereocenters. The summed E-state index contributed by atoms with van der Waals surface area (Å²) in [4.78, 5) is 16.1. The van der Waals surface area contributed by atoms with E-state index in [0.29, 0.717) is 38.3 Å². The third-order valence-corrected chi connectivity index (χ3v) is 4.32. The number of carbonyl (C=O) groups is 1. The van der Waals surface area contributed by atoms with E-state index in [0.717, 1.165) is 19.2 Å². The number of rotatable bonds is 7. The first-order valence-electron chi connectivity index (χ1n) is 8.67. The van der Waals surface area contributed by atoms with Gasteiger partial charge in [0.25, 0.3) is 0 Å². The molecule has 1 aliphatic heterocycles. The third kappa shape index (κ3) is 6.59. The Hall–Kier alpha value is -1.64. The number of methoxy groups -OCH3 is 1. The van der Waals surface area contributed by atoms with Gasteiger partial charge in [-0.1, -0.05) is 18.2 Å². The van der Waals surface area contributed by atoms with Gasteiger partial charge in [-0.05, 0) is 18.6 Å². The highest BCUT2D eigenvalue weighted by molar-refractivity contribution is 5.78. The topological polar surface area (TPSA) is 44.8 Å². The van der Waals surface area contributed by atoms with Crippen LogP contribution in [0.1, 0.15) is 18.1 Å². The van der Waals surface area contributed by atoms with Gasteiger partial charge in [0.05, 0.1) is 18.7 Å². The van der Waals surface area contributed by atoms with Crippen molar-refractivity contribution in [3.05, 3.63) is 35.4 Å². The van der Waals surface area contributed by atoms with E-state index in [-0.39, 0.29) is 11.9 Å². The molecule has 1 heterocycles. The van der Waals surface area contributed by atoms with Crippen molar-refractivity contribution in [2.24, 2.45) is 0 Å². The first-order valence-corrected chi connectivity index (χ1v) is 8.67. The number of benzene rings is 1. The molecule has 8 heteroatoms. The summed E-state index contributed by atoms with van der Waals surface area (Å²) in [6, 6.07) is 5.42. The largest absolute Gasteiger partial charge is 0.416 e. The van der Waals surface area contributed by atoms with Crippen LogP contribution in [0.5, 0.6) is 0 Å². The summed E-state index contributed by atoms with van der Waals surface area (Å²) < 4.78 is 43.4. The van der Waals surface area contributed by atoms with Crippen LogP contribution >= 0.6 is 0 Å². The number of halogens is 3. The molecule has 1 aliphatic rings. The maximum atomic E-state index is 12.8. The number of nitrogens with one attached hydrogen (secondary N) is 1. The fourth-order valence-corrected chi connectivity index (χ4v) is 3.02. The second kappa shape index (κ2) is 9.34. The van der Waals surface area contributed by atoms with Crippen LogP contribution in [-0.2, 0) is 22.3 Å². The van der Waals surface area contributed by atoms with Crippen molar-refractivity contribution in [1.82, 2.24) is 15.1 Å². The Morgan fingerprint density at radius 3 is 2.50 bits per heavy atom. The Morgan fingerprint density at radius 2 is 1.88 bits per heavy atom. The summed E-state index contributed by atoms with van der Waals surface area (Å²) in [5.41, 5.74) is 0.0369. The van der Waals surface area contributed by atoms with E-state index in [2.05, 4.69) is 15.1 Å². The van der Waals surface area contributed by atoms with Gasteiger partial charge in [0.15, 0.2) is 0 Å². The molecule has 0 spiro atoms. The molecule has 0 aromatic heterocycles. The summed E-state index contributed by atoms with van der Waals surface area (Å²) in [7, 11) is 1.59. The summed E-state index contributed by atoms with van der Waals surface area (Å²) in [5, 5.41) is 2.87. The van der Waals surface area contributed by atoms with Crippen LogP contribution in [0.15, 0.2) is 24.3 Å². The average Bonchev–Trinajstić information content (AvgIpc) is 2.56. The molecule has 0 aliphatic carbocycles. The minimum absolute atomic E-state index is 0.0327. The Kier molecular flexibility index (Phi) is 7.43. The highest BCUT2D eigenvalue weighted by atomic mass is 19.4. The molecule has 1 saturated heterocycles. The van der Waals surface area contributed by atoms with E-state index in [9.17, 15) is 18.0 Å². The molecule has 1 amide bonds. The van der Waals surface area contributed by atoms with Crippen molar-refractivity contribution in [2.45, 2.75) is 25.7 Å². The van der Waals surface area contributed by atoms with Crippen LogP contribution < -0.4 is 5.32 Å². The predicted molar refractivity (Wildman–Crippen MR) is 92.6 cm³/mol. The normalized spacial score (nSPS) is 17.9. The number of alkyl halides is 3. The number of carbonyl (C=O) groups excluding carboxylic acids is 1. The second-order valence-electron chi connectivity index (χ2n) is 6.67. The highest BCUT2D eigenvalue weighted by Crippen LogP contribution is 2.29. The molecule has 0 saturated carbocycles. The standard InChI is InChI=1S/C18H26F3N3O2/c1-14(13-26-2)22-17(25)12-24-8-6-23(7-9-24)11-15-4-3-5-16(10-15)18(19,20)21/h3-5,10,14H,6-9,11-13H2,1-2H3,(H,22,25). The minimum atomic E-state index is -4.32. The highest BCUT2D eigenvalue weighted by Gasteiger charge is 2.30. The van der Waals surface area contributed by atoms with Crippen LogP contribution in [0.4, 0.5) is 13.2 Å². The molecule has 146 valence electrons. The Morgan fingerprint density at radius 1 is 1.23 bits per heavy atom. The fourth-order valence-electron chi connectivity index (χ4n) is 3.02. The van der Waals surface area contributed by atoms with Gasteiger partial charge in [-0.2, -0.15) is 13.2 Å². The molecular weight excluding hydrogens is 347 g/mol. The predicted octanol–water partition coefficient (Wildman–Crippen LogP) is 1.97. The number of hydrogen-bond acceptors (Lipinski definition) is 4. The zero-order valence-corrected chi connectivity index (χ0v) is 15.2. The van der Waals surface area contributed by atoms with Gasteiger partial charge in [0, 0.05) is 45.9 Å². The quantitative estimate of drug-likeness (QED) is 0.794. The first kappa shape index (κ1) is 20.7. The van der Waals surface area contributed by atoms with Gasteiger partial charge in [0.2, 0.25) is 5.91 Å². The lowest BCUT2D eigenvalue weighted by molar-refractivity contribution is -0.137. The van der Waals surface area contributed by atoms with E-state index < -0.39 is 11.7 Å². The van der Waals surface area contributed by atoms with Crippen molar-refractivity contribution in [3.8, 4) is 0 Å². The van der Waals surface area contributed by atoms with Crippen molar-refractivity contribution < 1.29 is 22.7 Å². The summed E-state index contributed by atoms with van der Waals surface area (Å²) >= 11 is 0. The smallest absolute Gasteiger partial charge is 0.383 e. The fraction of sp³-hybridized carbons (Fsp3) is 0.611. The molecule has 1 aromatic carbocycles. The monoisotopic (exact) mass is 373 g/mol. The van der Waals surface area contributed by atoms with Crippen molar-refractivity contribution in [2.75, 3.05) is 46.4 Å². The first-order chi connectivity index (χ1) is 12.3. The molecule has 1 atom stereocenters. The number of nitrogens with zero attached hydrogens (tertiary/aromatic N) is 2. The molecule has 1 fully saturated rings. The minimum Gasteiger partial charge on any atom is -0.383 e. The molecule has 26 heavy (non-hydrogen) atoms. The number of amides is 1. The van der Waals surface area contributed by atoms with E-state index in [1.165, 1.54) is 12.1 Å². The zero-order chi connectivity index (χ0) is 19.2. The lowest BCUT2D eigenvalue weighted by Crippen LogP contribution is -2.50. The van der Waals surface area contributed by atoms with E-state index in [1.54, 1.807) is 13.2 Å². The number of ether oxygens (including phenoxy) is 1. The van der Waals surface area contributed by atoms with Crippen LogP contribution in [-0.4, -0.2) is 68.2 Å². The molecular formula is C18H26F3N3O2. The maximum absolute atomic E-state index is 12.8. The molecule has 5 nitrogen and oxygen atoms in total. The van der Waals surface area contributed by atoms with Crippen LogP contribution in [0.3, 0.4) is 0 Å². The Bertz CT molecular complexity index is 587. The third-order valence-electron chi connectivity index (χ3n) is 4.32. The molecule has 1 N–H and O–H groups in total. The summed E-state index contributed by atoms with van der Waals surface area (Å²) in [5.74, 6) is -0.0409. The molecule has 0 bridgehead atoms. The van der Waals surface area contributed by atoms with Crippen LogP contribution in [0.25, 0.3) is 0 Å². The van der Waals surface area contributed by atoms with E-state index in [1.807, 2.05) is 6.92 Å². The van der Waals surface area contributed by atoms with Gasteiger partial charge in [-0.15, -0.1) is 0 Å². The van der Waals surface area contributed by atoms with Crippen molar-refractivity contribution in [1.29, 1.82) is 0 Å². The number of hydrogen-bond donors (Lipinski definition) is 1. The van der Waals surface area contributed by atoms with E-state index >= 15 is 0 Å². The van der Waals surface area contributed by atoms with Crippen LogP contribution in [0, 0.1) is 0 Å². The summed E-state index contributed by atoms with van der Waals surface area (Å²) in [6.07, 6.45) is -4.32. The van der Waals surface area contributed by atoms with Gasteiger partial charge in [0.1, 0.15) is 0 Å². The van der Waals surface area contributed by atoms with Gasteiger partial charge in [-0.25, -0.2) is 0 Å². The Balaban J connectivity index is 1.77. The molecule has 2 rings (SSSR count). The molecule has 0 radical (unpaired) electrons. The van der Waals surface area contributed by atoms with Crippen molar-refractivity contribution >= 4 is 5.91 Å². The Labute approximate surface area is 152 Å². The van der Waals surface area contributed by atoms with Crippen LogP contribution in [0.2, 0.25) is 0 Å². The maximum Gasteiger partial charge on any atom is 0.416 e.